The molecule has 0 aliphatic heterocycles. The summed E-state index contributed by atoms with van der Waals surface area (Å²) in [5.41, 5.74) is 32.3. The number of rotatable bonds is 9. The summed E-state index contributed by atoms with van der Waals surface area (Å²) in [4.78, 5) is 0. The largest absolute Gasteiger partial charge is 0.455 e. The molecule has 0 unspecified atom stereocenters. The fourth-order valence-corrected chi connectivity index (χ4v) is 18.7. The Morgan fingerprint density at radius 3 is 1.04 bits per heavy atom. The van der Waals surface area contributed by atoms with E-state index in [1.807, 2.05) is 24.3 Å². The zero-order valence-corrected chi connectivity index (χ0v) is 65.3. The van der Waals surface area contributed by atoms with E-state index in [2.05, 4.69) is 421 Å². The molecule has 0 saturated heterocycles. The van der Waals surface area contributed by atoms with E-state index in [1.165, 1.54) is 170 Å². The number of fused-ring (bicyclic) bond motifs is 16. The summed E-state index contributed by atoms with van der Waals surface area (Å²) in [5.74, 6) is 0. The Kier molecular flexibility index (Phi) is 18.0. The van der Waals surface area contributed by atoms with E-state index in [1.54, 1.807) is 0 Å². The van der Waals surface area contributed by atoms with E-state index in [0.29, 0.717) is 0 Å². The molecule has 23 aromatic rings. The van der Waals surface area contributed by atoms with Crippen LogP contribution in [0.1, 0.15) is 18.6 Å². The molecule has 0 spiro atoms. The predicted octanol–water partition coefficient (Wildman–Crippen LogP) is 32.9. The van der Waals surface area contributed by atoms with Gasteiger partial charge < -0.3 is 13.4 Å². The molecule has 4 heteroatoms. The van der Waals surface area contributed by atoms with Gasteiger partial charge in [0.1, 0.15) is 22.3 Å². The van der Waals surface area contributed by atoms with E-state index in [0.717, 1.165) is 66.4 Å². The lowest BCUT2D eigenvalue weighted by Crippen LogP contribution is -1.94. The van der Waals surface area contributed by atoms with Crippen molar-refractivity contribution in [2.24, 2.45) is 0 Å². The highest BCUT2D eigenvalue weighted by Crippen LogP contribution is 2.49. The Bertz CT molecular complexity index is 7810. The lowest BCUT2D eigenvalue weighted by molar-refractivity contribution is 0.669. The van der Waals surface area contributed by atoms with Gasteiger partial charge in [0.2, 0.25) is 0 Å². The zero-order chi connectivity index (χ0) is 77.4. The van der Waals surface area contributed by atoms with Crippen LogP contribution in [0.2, 0.25) is 0 Å². The Morgan fingerprint density at radius 2 is 0.542 bits per heavy atom. The van der Waals surface area contributed by atoms with Crippen molar-refractivity contribution in [3.63, 3.8) is 0 Å². The summed E-state index contributed by atoms with van der Waals surface area (Å²) in [6, 6.07) is 153. The van der Waals surface area contributed by atoms with Crippen LogP contribution in [-0.4, -0.2) is 4.57 Å². The number of para-hydroxylation sites is 5. The van der Waals surface area contributed by atoms with Gasteiger partial charge >= 0.3 is 0 Å². The van der Waals surface area contributed by atoms with Crippen molar-refractivity contribution >= 4 is 125 Å². The van der Waals surface area contributed by atoms with Gasteiger partial charge in [0.05, 0.1) is 11.0 Å². The summed E-state index contributed by atoms with van der Waals surface area (Å²) >= 11 is 3.56. The zero-order valence-electron chi connectivity index (χ0n) is 63.8. The Hall–Kier alpha value is -14.7. The van der Waals surface area contributed by atoms with Gasteiger partial charge in [-0.25, -0.2) is 0 Å². The normalized spacial score (nSPS) is 11.7. The predicted molar refractivity (Wildman–Crippen MR) is 504 cm³/mol. The molecule has 0 fully saturated rings. The first-order valence-corrected chi connectivity index (χ1v) is 40.9. The number of hydrogen-bond acceptors (Lipinski definition) is 2. The van der Waals surface area contributed by atoms with Crippen LogP contribution in [-0.2, 0) is 6.42 Å². The van der Waals surface area contributed by atoms with Crippen molar-refractivity contribution < 1.29 is 8.83 Å². The molecule has 3 heterocycles. The smallest absolute Gasteiger partial charge is 0.143 e. The molecule has 0 radical (unpaired) electrons. The molecule has 0 bridgehead atoms. The number of benzene rings is 20. The topological polar surface area (TPSA) is 31.2 Å². The van der Waals surface area contributed by atoms with Gasteiger partial charge in [-0.05, 0) is 222 Å². The van der Waals surface area contributed by atoms with Gasteiger partial charge in [0.25, 0.3) is 0 Å². The third kappa shape index (κ3) is 12.4. The summed E-state index contributed by atoms with van der Waals surface area (Å²) in [6.45, 7) is 0. The first-order valence-electron chi connectivity index (χ1n) is 40.1. The molecule has 3 nitrogen and oxygen atoms in total. The highest BCUT2D eigenvalue weighted by molar-refractivity contribution is 9.10. The first kappa shape index (κ1) is 71.1. The minimum atomic E-state index is 0. The molecule has 3 aromatic heterocycles. The molecular formula is C114H76BrNO2. The van der Waals surface area contributed by atoms with Gasteiger partial charge in [-0.15, -0.1) is 0 Å². The standard InChI is InChI=1S/C56H35NO.C32H21Br.C25H16O.CH4/c1-3-14-37(15-4-1)54-45-20-7-8-21-46(45)55(38-16-5-2-6-17-38)50-34-39(28-32-47(50)54)36-26-30-41(31-27-36)57-51-24-11-9-18-43(51)49-35-40(29-33-52(49)57)42-22-13-23-48-44-19-10-12-25-53(44)58-56(42)48;33-26-18-15-22(16-19-26)25-17-20-29-30(21-25)32(24-11-5-2-6-12-24)28-14-8-7-13-27(28)31(29)23-9-3-1-4-10-23;1-2-7-19-16(6-1)14-17-12-13-18(15-23(17)19)20-9-5-10-22-21-8-3-4-11-24(21)26-25(20)22;/h1-35H;1-21H;1-13,15H,14H2;1H4. The van der Waals surface area contributed by atoms with Crippen molar-refractivity contribution in [2.45, 2.75) is 13.8 Å². The number of hydrogen-bond donors (Lipinski definition) is 0. The summed E-state index contributed by atoms with van der Waals surface area (Å²) in [5, 5.41) is 17.2. The molecule has 0 saturated carbocycles. The number of furan rings is 2. The minimum Gasteiger partial charge on any atom is -0.455 e. The maximum atomic E-state index is 6.45. The van der Waals surface area contributed by atoms with Crippen molar-refractivity contribution in [3.05, 3.63) is 440 Å². The third-order valence-electron chi connectivity index (χ3n) is 23.8. The lowest BCUT2D eigenvalue weighted by Gasteiger charge is -2.19. The van der Waals surface area contributed by atoms with Gasteiger partial charge in [-0.2, -0.15) is 0 Å². The highest BCUT2D eigenvalue weighted by atomic mass is 79.9. The van der Waals surface area contributed by atoms with Crippen LogP contribution in [0.25, 0.3) is 215 Å². The summed E-state index contributed by atoms with van der Waals surface area (Å²) < 4.78 is 16.2. The van der Waals surface area contributed by atoms with Crippen molar-refractivity contribution in [3.8, 4) is 106 Å². The van der Waals surface area contributed by atoms with Crippen LogP contribution >= 0.6 is 15.9 Å². The average molecular weight is 1570 g/mol. The highest BCUT2D eigenvalue weighted by Gasteiger charge is 2.24. The molecular weight excluding hydrogens is 1500 g/mol. The van der Waals surface area contributed by atoms with Crippen LogP contribution in [0.5, 0.6) is 0 Å². The summed E-state index contributed by atoms with van der Waals surface area (Å²) in [6.07, 6.45) is 1.03. The molecule has 0 amide bonds. The van der Waals surface area contributed by atoms with Crippen LogP contribution in [0.4, 0.5) is 0 Å². The van der Waals surface area contributed by atoms with Gasteiger partial charge in [0.15, 0.2) is 0 Å². The monoisotopic (exact) mass is 1570 g/mol. The van der Waals surface area contributed by atoms with E-state index in [-0.39, 0.29) is 7.43 Å². The van der Waals surface area contributed by atoms with Crippen LogP contribution in [0.15, 0.2) is 438 Å². The Labute approximate surface area is 693 Å². The molecule has 20 aromatic carbocycles. The molecule has 556 valence electrons. The fraction of sp³-hybridized carbons (Fsp3) is 0.0175. The Balaban J connectivity index is 0.000000121. The summed E-state index contributed by atoms with van der Waals surface area (Å²) in [7, 11) is 0. The molecule has 0 N–H and O–H groups in total. The SMILES string of the molecule is Brc1ccc(-c2ccc3c(-c4ccccc4)c4ccccc4c(-c4ccccc4)c3c2)cc1.C.c1ccc(-c2c3ccccc3c(-c3ccccc3)c3cc(-c4ccc(-n5c6ccccc6c6cc(-c7cccc8c7oc7ccccc78)ccc65)cc4)ccc23)cc1.c1ccc2c(c1)Cc1ccc(-c3cccc4c3oc3ccccc34)cc1-2. The van der Waals surface area contributed by atoms with Crippen LogP contribution < -0.4 is 0 Å². The van der Waals surface area contributed by atoms with Crippen molar-refractivity contribution in [1.29, 1.82) is 0 Å². The average Bonchev–Trinajstić information content (AvgIpc) is 1.41. The van der Waals surface area contributed by atoms with E-state index >= 15 is 0 Å². The lowest BCUT2D eigenvalue weighted by atomic mass is 9.85. The van der Waals surface area contributed by atoms with E-state index in [9.17, 15) is 0 Å². The second kappa shape index (κ2) is 29.9. The molecule has 1 aliphatic carbocycles. The maximum Gasteiger partial charge on any atom is 0.143 e. The van der Waals surface area contributed by atoms with E-state index < -0.39 is 0 Å². The van der Waals surface area contributed by atoms with Crippen LogP contribution in [0.3, 0.4) is 0 Å². The second-order valence-electron chi connectivity index (χ2n) is 30.5. The number of halogens is 1. The third-order valence-corrected chi connectivity index (χ3v) is 24.4. The maximum absolute atomic E-state index is 6.45. The first-order chi connectivity index (χ1) is 58.0. The van der Waals surface area contributed by atoms with E-state index in [4.69, 9.17) is 8.83 Å². The molecule has 0 atom stereocenters. The quantitative estimate of drug-likeness (QED) is 0.135. The Morgan fingerprint density at radius 1 is 0.203 bits per heavy atom. The van der Waals surface area contributed by atoms with Crippen LogP contribution in [0, 0.1) is 0 Å². The molecule has 24 rings (SSSR count). The number of aromatic nitrogens is 1. The minimum absolute atomic E-state index is 0. The van der Waals surface area contributed by atoms with Gasteiger partial charge in [-0.1, -0.05) is 375 Å². The second-order valence-corrected chi connectivity index (χ2v) is 31.4. The van der Waals surface area contributed by atoms with Gasteiger partial charge in [0, 0.05) is 53.6 Å². The molecule has 118 heavy (non-hydrogen) atoms. The van der Waals surface area contributed by atoms with Crippen molar-refractivity contribution in [2.75, 3.05) is 0 Å². The van der Waals surface area contributed by atoms with Crippen molar-refractivity contribution in [1.82, 2.24) is 4.57 Å². The fourth-order valence-electron chi connectivity index (χ4n) is 18.5. The molecule has 1 aliphatic rings. The van der Waals surface area contributed by atoms with Gasteiger partial charge in [-0.3, -0.25) is 0 Å². The number of nitrogens with zero attached hydrogens (tertiary/aromatic N) is 1.